The molecule has 2 aromatic carbocycles. The number of aromatic nitrogens is 2. The molecule has 0 N–H and O–H groups in total. The first kappa shape index (κ1) is 33.7. The van der Waals surface area contributed by atoms with Gasteiger partial charge in [0, 0.05) is 23.5 Å². The fraction of sp³-hybridized carbons (Fsp3) is 0.579. The first-order chi connectivity index (χ1) is 20.7. The molecule has 0 aliphatic carbocycles. The zero-order valence-electron chi connectivity index (χ0n) is 26.5. The molecule has 0 saturated carbocycles. The van der Waals surface area contributed by atoms with Crippen molar-refractivity contribution in [3.63, 3.8) is 0 Å². The highest BCUT2D eigenvalue weighted by atomic mass is 19.1. The van der Waals surface area contributed by atoms with E-state index in [0.717, 1.165) is 36.0 Å². The number of rotatable bonds is 23. The fourth-order valence-corrected chi connectivity index (χ4v) is 5.42. The first-order valence-corrected chi connectivity index (χ1v) is 17.0. The van der Waals surface area contributed by atoms with E-state index in [-0.39, 0.29) is 6.61 Å². The predicted molar refractivity (Wildman–Crippen MR) is 177 cm³/mol. The van der Waals surface area contributed by atoms with Crippen molar-refractivity contribution in [1.29, 1.82) is 0 Å². The van der Waals surface area contributed by atoms with Crippen LogP contribution in [-0.4, -0.2) is 22.7 Å². The smallest absolute Gasteiger partial charge is 0.159 e. The van der Waals surface area contributed by atoms with Crippen LogP contribution in [0.1, 0.15) is 129 Å². The van der Waals surface area contributed by atoms with Crippen LogP contribution >= 0.6 is 0 Å². The van der Waals surface area contributed by atoms with Gasteiger partial charge in [-0.3, -0.25) is 0 Å². The molecule has 0 fully saturated rings. The minimum absolute atomic E-state index is 0.109. The summed E-state index contributed by atoms with van der Waals surface area (Å²) in [5.41, 5.74) is 4.48. The van der Waals surface area contributed by atoms with Gasteiger partial charge in [-0.15, -0.1) is 0 Å². The zero-order valence-corrected chi connectivity index (χ0v) is 26.5. The Balaban J connectivity index is 1.35. The average Bonchev–Trinajstić information content (AvgIpc) is 3.03. The standard InChI is InChI=1S/C38H55FN2O/c1-3-5-7-9-11-12-14-15-17-19-32-21-23-33(24-22-32)35-29-40-38(41-30-35)34-25-27-37(28-26-34)42-31-36(39)20-18-16-13-10-8-6-4-2/h21-30,36H,3-20,31H2,1-2H3. The van der Waals surface area contributed by atoms with E-state index in [9.17, 15) is 4.39 Å². The van der Waals surface area contributed by atoms with Crippen LogP contribution in [0.3, 0.4) is 0 Å². The van der Waals surface area contributed by atoms with Gasteiger partial charge >= 0.3 is 0 Å². The second kappa shape index (κ2) is 21.0. The summed E-state index contributed by atoms with van der Waals surface area (Å²) in [6.07, 6.45) is 25.3. The molecule has 42 heavy (non-hydrogen) atoms. The molecule has 0 bridgehead atoms. The van der Waals surface area contributed by atoms with Crippen LogP contribution in [0.4, 0.5) is 4.39 Å². The highest BCUT2D eigenvalue weighted by molar-refractivity contribution is 5.64. The highest BCUT2D eigenvalue weighted by Crippen LogP contribution is 2.24. The Hall–Kier alpha value is -2.75. The summed E-state index contributed by atoms with van der Waals surface area (Å²) in [7, 11) is 0. The van der Waals surface area contributed by atoms with Gasteiger partial charge in [-0.05, 0) is 54.7 Å². The number of halogens is 1. The lowest BCUT2D eigenvalue weighted by Gasteiger charge is -2.11. The lowest BCUT2D eigenvalue weighted by Crippen LogP contribution is -2.12. The molecule has 3 nitrogen and oxygen atoms in total. The Morgan fingerprint density at radius 1 is 0.571 bits per heavy atom. The van der Waals surface area contributed by atoms with E-state index in [1.807, 2.05) is 36.7 Å². The fourth-order valence-electron chi connectivity index (χ4n) is 5.42. The van der Waals surface area contributed by atoms with Gasteiger partial charge in [0.2, 0.25) is 0 Å². The topological polar surface area (TPSA) is 35.0 Å². The molecule has 0 spiro atoms. The van der Waals surface area contributed by atoms with Gasteiger partial charge in [-0.1, -0.05) is 134 Å². The molecule has 3 aromatic rings. The van der Waals surface area contributed by atoms with Crippen molar-refractivity contribution < 1.29 is 9.13 Å². The highest BCUT2D eigenvalue weighted by Gasteiger charge is 2.09. The second-order valence-corrected chi connectivity index (χ2v) is 11.9. The van der Waals surface area contributed by atoms with E-state index in [2.05, 4.69) is 48.1 Å². The maximum atomic E-state index is 14.3. The second-order valence-electron chi connectivity index (χ2n) is 11.9. The summed E-state index contributed by atoms with van der Waals surface area (Å²) < 4.78 is 20.0. The van der Waals surface area contributed by atoms with Crippen LogP contribution in [0, 0.1) is 0 Å². The van der Waals surface area contributed by atoms with Gasteiger partial charge in [0.05, 0.1) is 0 Å². The van der Waals surface area contributed by atoms with Gasteiger partial charge in [0.15, 0.2) is 5.82 Å². The van der Waals surface area contributed by atoms with E-state index in [0.29, 0.717) is 18.0 Å². The Labute approximate surface area is 255 Å². The molecule has 1 unspecified atom stereocenters. The van der Waals surface area contributed by atoms with E-state index < -0.39 is 6.17 Å². The van der Waals surface area contributed by atoms with Crippen LogP contribution in [0.2, 0.25) is 0 Å². The molecule has 0 amide bonds. The third-order valence-electron chi connectivity index (χ3n) is 8.17. The molecule has 1 aromatic heterocycles. The van der Waals surface area contributed by atoms with Gasteiger partial charge in [-0.25, -0.2) is 14.4 Å². The SMILES string of the molecule is CCCCCCCCCCCc1ccc(-c2cnc(-c3ccc(OCC(F)CCCCCCCCC)cc3)nc2)cc1. The van der Waals surface area contributed by atoms with E-state index in [4.69, 9.17) is 4.74 Å². The number of benzene rings is 2. The minimum Gasteiger partial charge on any atom is -0.491 e. The number of alkyl halides is 1. The van der Waals surface area contributed by atoms with Crippen LogP contribution < -0.4 is 4.74 Å². The van der Waals surface area contributed by atoms with Crippen LogP contribution in [-0.2, 0) is 6.42 Å². The van der Waals surface area contributed by atoms with Crippen molar-refractivity contribution in [1.82, 2.24) is 9.97 Å². The van der Waals surface area contributed by atoms with E-state index in [1.54, 1.807) is 0 Å². The lowest BCUT2D eigenvalue weighted by atomic mass is 10.0. The van der Waals surface area contributed by atoms with Crippen molar-refractivity contribution in [2.45, 2.75) is 136 Å². The molecule has 0 aliphatic heterocycles. The van der Waals surface area contributed by atoms with E-state index >= 15 is 0 Å². The van der Waals surface area contributed by atoms with Gasteiger partial charge in [-0.2, -0.15) is 0 Å². The van der Waals surface area contributed by atoms with Crippen LogP contribution in [0.25, 0.3) is 22.5 Å². The number of ether oxygens (including phenoxy) is 1. The van der Waals surface area contributed by atoms with Crippen LogP contribution in [0.5, 0.6) is 5.75 Å². The maximum absolute atomic E-state index is 14.3. The third-order valence-corrected chi connectivity index (χ3v) is 8.17. The molecule has 1 heterocycles. The van der Waals surface area contributed by atoms with Crippen LogP contribution in [0.15, 0.2) is 60.9 Å². The molecule has 0 radical (unpaired) electrons. The lowest BCUT2D eigenvalue weighted by molar-refractivity contribution is 0.184. The molecule has 0 saturated heterocycles. The van der Waals surface area contributed by atoms with Crippen molar-refractivity contribution in [3.05, 3.63) is 66.5 Å². The summed E-state index contributed by atoms with van der Waals surface area (Å²) in [6, 6.07) is 16.5. The molecule has 230 valence electrons. The van der Waals surface area contributed by atoms with Crippen molar-refractivity contribution in [2.24, 2.45) is 0 Å². The summed E-state index contributed by atoms with van der Waals surface area (Å²) in [5.74, 6) is 1.36. The number of hydrogen-bond donors (Lipinski definition) is 0. The summed E-state index contributed by atoms with van der Waals surface area (Å²) >= 11 is 0. The van der Waals surface area contributed by atoms with Crippen molar-refractivity contribution >= 4 is 0 Å². The Bertz CT molecular complexity index is 1070. The van der Waals surface area contributed by atoms with Gasteiger partial charge < -0.3 is 4.74 Å². The molecular weight excluding hydrogens is 519 g/mol. The summed E-state index contributed by atoms with van der Waals surface area (Å²) in [4.78, 5) is 9.21. The number of nitrogens with zero attached hydrogens (tertiary/aromatic N) is 2. The van der Waals surface area contributed by atoms with E-state index in [1.165, 1.54) is 95.5 Å². The number of aryl methyl sites for hydroxylation is 1. The number of unbranched alkanes of at least 4 members (excludes halogenated alkanes) is 14. The largest absolute Gasteiger partial charge is 0.491 e. The molecular formula is C38H55FN2O. The maximum Gasteiger partial charge on any atom is 0.159 e. The Morgan fingerprint density at radius 3 is 1.64 bits per heavy atom. The monoisotopic (exact) mass is 574 g/mol. The average molecular weight is 575 g/mol. The summed E-state index contributed by atoms with van der Waals surface area (Å²) in [5, 5.41) is 0. The summed E-state index contributed by atoms with van der Waals surface area (Å²) in [6.45, 7) is 4.61. The predicted octanol–water partition coefficient (Wildman–Crippen LogP) is 11.7. The van der Waals surface area contributed by atoms with Gasteiger partial charge in [0.25, 0.3) is 0 Å². The van der Waals surface area contributed by atoms with Gasteiger partial charge in [0.1, 0.15) is 18.5 Å². The molecule has 0 aliphatic rings. The molecule has 1 atom stereocenters. The third kappa shape index (κ3) is 13.5. The van der Waals surface area contributed by atoms with Crippen molar-refractivity contribution in [2.75, 3.05) is 6.61 Å². The molecule has 4 heteroatoms. The number of hydrogen-bond acceptors (Lipinski definition) is 3. The quantitative estimate of drug-likeness (QED) is 0.106. The van der Waals surface area contributed by atoms with Crippen molar-refractivity contribution in [3.8, 4) is 28.3 Å². The Kier molecular flexibility index (Phi) is 16.9. The zero-order chi connectivity index (χ0) is 29.7. The molecule has 3 rings (SSSR count). The minimum atomic E-state index is -0.917. The Morgan fingerprint density at radius 2 is 1.07 bits per heavy atom. The normalized spacial score (nSPS) is 12.0. The first-order valence-electron chi connectivity index (χ1n) is 17.0.